The van der Waals surface area contributed by atoms with Crippen LogP contribution < -0.4 is 0 Å². The predicted molar refractivity (Wildman–Crippen MR) is 61.4 cm³/mol. The summed E-state index contributed by atoms with van der Waals surface area (Å²) in [7, 11) is 0. The van der Waals surface area contributed by atoms with E-state index in [0.29, 0.717) is 0 Å². The van der Waals surface area contributed by atoms with Crippen LogP contribution in [0.5, 0.6) is 0 Å². The van der Waals surface area contributed by atoms with Crippen LogP contribution in [-0.4, -0.2) is 5.11 Å². The summed E-state index contributed by atoms with van der Waals surface area (Å²) < 4.78 is 52.0. The van der Waals surface area contributed by atoms with Crippen LogP contribution in [0.4, 0.5) is 17.6 Å². The van der Waals surface area contributed by atoms with E-state index in [1.165, 1.54) is 19.1 Å². The highest BCUT2D eigenvalue weighted by Gasteiger charge is 2.27. The third-order valence-corrected chi connectivity index (χ3v) is 2.96. The molecule has 0 aliphatic carbocycles. The van der Waals surface area contributed by atoms with Crippen molar-refractivity contribution in [1.82, 2.24) is 0 Å². The van der Waals surface area contributed by atoms with Gasteiger partial charge in [0.1, 0.15) is 5.60 Å². The quantitative estimate of drug-likeness (QED) is 0.828. The second-order valence-electron chi connectivity index (χ2n) is 4.33. The van der Waals surface area contributed by atoms with E-state index in [9.17, 15) is 22.7 Å². The average Bonchev–Trinajstić information content (AvgIpc) is 2.35. The van der Waals surface area contributed by atoms with Gasteiger partial charge in [-0.1, -0.05) is 12.1 Å². The normalized spacial score (nSPS) is 11.7. The molecule has 5 heteroatoms. The molecule has 0 aliphatic rings. The summed E-state index contributed by atoms with van der Waals surface area (Å²) >= 11 is 0. The van der Waals surface area contributed by atoms with E-state index < -0.39 is 28.9 Å². The van der Waals surface area contributed by atoms with Gasteiger partial charge in [-0.05, 0) is 42.3 Å². The van der Waals surface area contributed by atoms with Gasteiger partial charge in [-0.2, -0.15) is 0 Å². The van der Waals surface area contributed by atoms with Crippen molar-refractivity contribution in [1.29, 1.82) is 0 Å². The molecule has 0 amide bonds. The SMILES string of the molecule is CC(O)(c1ccc(F)c(F)c1)c1ccc(F)c(F)c1. The van der Waals surface area contributed by atoms with Crippen LogP contribution in [0.15, 0.2) is 36.4 Å². The average molecular weight is 270 g/mol. The van der Waals surface area contributed by atoms with Gasteiger partial charge in [0.2, 0.25) is 0 Å². The van der Waals surface area contributed by atoms with Gasteiger partial charge in [-0.15, -0.1) is 0 Å². The van der Waals surface area contributed by atoms with Crippen LogP contribution in [0, 0.1) is 23.3 Å². The first-order valence-electron chi connectivity index (χ1n) is 5.46. The van der Waals surface area contributed by atoms with Crippen LogP contribution in [0.25, 0.3) is 0 Å². The lowest BCUT2D eigenvalue weighted by molar-refractivity contribution is 0.101. The van der Waals surface area contributed by atoms with E-state index in [1.54, 1.807) is 0 Å². The Morgan fingerprint density at radius 2 is 1.11 bits per heavy atom. The Bertz CT molecular complexity index is 569. The summed E-state index contributed by atoms with van der Waals surface area (Å²) in [6.45, 7) is 1.28. The van der Waals surface area contributed by atoms with E-state index >= 15 is 0 Å². The summed E-state index contributed by atoms with van der Waals surface area (Å²) in [6, 6.07) is 5.71. The Kier molecular flexibility index (Phi) is 3.32. The van der Waals surface area contributed by atoms with Crippen molar-refractivity contribution in [2.45, 2.75) is 12.5 Å². The molecule has 0 unspecified atom stereocenters. The predicted octanol–water partition coefficient (Wildman–Crippen LogP) is 3.50. The highest BCUT2D eigenvalue weighted by molar-refractivity contribution is 5.36. The first-order valence-corrected chi connectivity index (χ1v) is 5.46. The van der Waals surface area contributed by atoms with E-state index in [4.69, 9.17) is 0 Å². The largest absolute Gasteiger partial charge is 0.381 e. The van der Waals surface area contributed by atoms with Crippen molar-refractivity contribution in [3.63, 3.8) is 0 Å². The summed E-state index contributed by atoms with van der Waals surface area (Å²) in [4.78, 5) is 0. The van der Waals surface area contributed by atoms with Crippen LogP contribution >= 0.6 is 0 Å². The molecule has 0 fully saturated rings. The van der Waals surface area contributed by atoms with E-state index in [0.717, 1.165) is 24.3 Å². The van der Waals surface area contributed by atoms with Crippen LogP contribution in [-0.2, 0) is 5.60 Å². The Labute approximate surface area is 107 Å². The maximum atomic E-state index is 13.1. The van der Waals surface area contributed by atoms with Crippen LogP contribution in [0.1, 0.15) is 18.1 Å². The lowest BCUT2D eigenvalue weighted by atomic mass is 9.88. The first-order chi connectivity index (χ1) is 8.82. The van der Waals surface area contributed by atoms with Gasteiger partial charge in [0.05, 0.1) is 0 Å². The fourth-order valence-electron chi connectivity index (χ4n) is 1.76. The Balaban J connectivity index is 2.51. The molecule has 19 heavy (non-hydrogen) atoms. The molecule has 0 aromatic heterocycles. The molecule has 100 valence electrons. The highest BCUT2D eigenvalue weighted by atomic mass is 19.2. The molecular weight excluding hydrogens is 260 g/mol. The second-order valence-corrected chi connectivity index (χ2v) is 4.33. The third-order valence-electron chi connectivity index (χ3n) is 2.96. The van der Waals surface area contributed by atoms with Crippen molar-refractivity contribution < 1.29 is 22.7 Å². The number of aliphatic hydroxyl groups is 1. The van der Waals surface area contributed by atoms with Gasteiger partial charge in [-0.25, -0.2) is 17.6 Å². The zero-order valence-corrected chi connectivity index (χ0v) is 9.92. The molecule has 2 aromatic carbocycles. The molecule has 0 atom stereocenters. The minimum Gasteiger partial charge on any atom is -0.381 e. The Hall–Kier alpha value is -1.88. The van der Waals surface area contributed by atoms with Crippen LogP contribution in [0.2, 0.25) is 0 Å². The van der Waals surface area contributed by atoms with Gasteiger partial charge in [0, 0.05) is 0 Å². The van der Waals surface area contributed by atoms with Gasteiger partial charge < -0.3 is 5.11 Å². The number of rotatable bonds is 2. The molecule has 0 saturated heterocycles. The number of hydrogen-bond donors (Lipinski definition) is 1. The molecule has 0 spiro atoms. The fourth-order valence-corrected chi connectivity index (χ4v) is 1.76. The number of benzene rings is 2. The van der Waals surface area contributed by atoms with Gasteiger partial charge in [-0.3, -0.25) is 0 Å². The summed E-state index contributed by atoms with van der Waals surface area (Å²) in [5, 5.41) is 10.3. The molecule has 0 bridgehead atoms. The molecular formula is C14H10F4O. The summed E-state index contributed by atoms with van der Waals surface area (Å²) in [6.07, 6.45) is 0. The molecule has 2 aromatic rings. The minimum atomic E-state index is -1.76. The Morgan fingerprint density at radius 3 is 1.42 bits per heavy atom. The number of hydrogen-bond acceptors (Lipinski definition) is 1. The molecule has 2 rings (SSSR count). The van der Waals surface area contributed by atoms with E-state index in [-0.39, 0.29) is 11.1 Å². The zero-order chi connectivity index (χ0) is 14.2. The van der Waals surface area contributed by atoms with E-state index in [2.05, 4.69) is 0 Å². The molecule has 0 aliphatic heterocycles. The van der Waals surface area contributed by atoms with Crippen molar-refractivity contribution in [3.05, 3.63) is 70.8 Å². The molecule has 0 radical (unpaired) electrons. The summed E-state index contributed by atoms with van der Waals surface area (Å²) in [5.41, 5.74) is -1.68. The highest BCUT2D eigenvalue weighted by Crippen LogP contribution is 2.30. The van der Waals surface area contributed by atoms with Crippen LogP contribution in [0.3, 0.4) is 0 Å². The lowest BCUT2D eigenvalue weighted by Gasteiger charge is -2.24. The minimum absolute atomic E-state index is 0.0393. The van der Waals surface area contributed by atoms with Gasteiger partial charge in [0.15, 0.2) is 23.3 Å². The monoisotopic (exact) mass is 270 g/mol. The second kappa shape index (κ2) is 4.66. The van der Waals surface area contributed by atoms with Gasteiger partial charge in [0.25, 0.3) is 0 Å². The van der Waals surface area contributed by atoms with Crippen molar-refractivity contribution >= 4 is 0 Å². The smallest absolute Gasteiger partial charge is 0.159 e. The molecule has 0 heterocycles. The summed E-state index contributed by atoms with van der Waals surface area (Å²) in [5.74, 6) is -4.35. The fraction of sp³-hybridized carbons (Fsp3) is 0.143. The lowest BCUT2D eigenvalue weighted by Crippen LogP contribution is -2.23. The topological polar surface area (TPSA) is 20.2 Å². The van der Waals surface area contributed by atoms with E-state index in [1.807, 2.05) is 0 Å². The third kappa shape index (κ3) is 2.46. The van der Waals surface area contributed by atoms with Crippen molar-refractivity contribution in [3.8, 4) is 0 Å². The van der Waals surface area contributed by atoms with Crippen molar-refractivity contribution in [2.24, 2.45) is 0 Å². The zero-order valence-electron chi connectivity index (χ0n) is 9.92. The Morgan fingerprint density at radius 1 is 0.737 bits per heavy atom. The molecule has 1 nitrogen and oxygen atoms in total. The maximum absolute atomic E-state index is 13.1. The molecule has 0 saturated carbocycles. The maximum Gasteiger partial charge on any atom is 0.159 e. The molecule has 1 N–H and O–H groups in total. The van der Waals surface area contributed by atoms with Gasteiger partial charge >= 0.3 is 0 Å². The van der Waals surface area contributed by atoms with Crippen molar-refractivity contribution in [2.75, 3.05) is 0 Å². The standard InChI is InChI=1S/C14H10F4O/c1-14(19,8-2-4-10(15)12(17)6-8)9-3-5-11(16)13(18)7-9/h2-7,19H,1H3. The first kappa shape index (κ1) is 13.5. The number of halogens is 4.